The molecule has 34 heavy (non-hydrogen) atoms. The Morgan fingerprint density at radius 3 is 2.44 bits per heavy atom. The van der Waals surface area contributed by atoms with Crippen molar-refractivity contribution < 1.29 is 18.7 Å². The summed E-state index contributed by atoms with van der Waals surface area (Å²) in [7, 11) is 0. The van der Waals surface area contributed by atoms with Crippen molar-refractivity contribution in [1.82, 2.24) is 5.32 Å². The first-order chi connectivity index (χ1) is 16.5. The normalized spacial score (nSPS) is 14.7. The van der Waals surface area contributed by atoms with Crippen molar-refractivity contribution in [3.8, 4) is 11.5 Å². The molecular weight excluding hydrogens is 430 g/mol. The molecule has 1 unspecified atom stereocenters. The van der Waals surface area contributed by atoms with E-state index in [1.807, 2.05) is 75.4 Å². The summed E-state index contributed by atoms with van der Waals surface area (Å²) >= 11 is 0. The number of amides is 1. The molecule has 1 aliphatic heterocycles. The van der Waals surface area contributed by atoms with E-state index in [4.69, 9.17) is 13.9 Å². The fraction of sp³-hybridized carbons (Fsp3) is 0.214. The van der Waals surface area contributed by atoms with Gasteiger partial charge in [-0.05, 0) is 67.3 Å². The number of hydrogen-bond acceptors (Lipinski definition) is 5. The highest BCUT2D eigenvalue weighted by molar-refractivity contribution is 5.99. The van der Waals surface area contributed by atoms with Crippen molar-refractivity contribution in [2.75, 3.05) is 6.61 Å². The fourth-order valence-corrected chi connectivity index (χ4v) is 4.24. The molecule has 172 valence electrons. The molecule has 0 fully saturated rings. The summed E-state index contributed by atoms with van der Waals surface area (Å²) in [6.45, 7) is 6.64. The molecule has 6 nitrogen and oxygen atoms in total. The Hall–Kier alpha value is -4.06. The third-order valence-corrected chi connectivity index (χ3v) is 6.15. The van der Waals surface area contributed by atoms with E-state index in [0.717, 1.165) is 22.3 Å². The molecule has 0 radical (unpaired) electrons. The zero-order valence-electron chi connectivity index (χ0n) is 19.3. The molecular formula is C28H25NO5. The number of ether oxygens (including phenoxy) is 2. The van der Waals surface area contributed by atoms with Gasteiger partial charge in [-0.2, -0.15) is 0 Å². The Bertz CT molecular complexity index is 1460. The van der Waals surface area contributed by atoms with Crippen LogP contribution in [0.2, 0.25) is 0 Å². The van der Waals surface area contributed by atoms with Crippen molar-refractivity contribution in [3.05, 3.63) is 104 Å². The molecule has 1 aromatic heterocycles. The predicted molar refractivity (Wildman–Crippen MR) is 130 cm³/mol. The minimum Gasteiger partial charge on any atom is -0.490 e. The minimum atomic E-state index is -0.632. The topological polar surface area (TPSA) is 77.8 Å². The van der Waals surface area contributed by atoms with Crippen molar-refractivity contribution in [2.45, 2.75) is 33.4 Å². The van der Waals surface area contributed by atoms with Gasteiger partial charge >= 0.3 is 0 Å². The summed E-state index contributed by atoms with van der Waals surface area (Å²) < 4.78 is 17.7. The van der Waals surface area contributed by atoms with Gasteiger partial charge in [0.15, 0.2) is 16.9 Å². The first-order valence-corrected chi connectivity index (χ1v) is 11.3. The average Bonchev–Trinajstić information content (AvgIpc) is 3.17. The number of aryl methyl sites for hydroxylation is 2. The van der Waals surface area contributed by atoms with Crippen molar-refractivity contribution >= 4 is 16.9 Å². The van der Waals surface area contributed by atoms with Crippen molar-refractivity contribution in [3.63, 3.8) is 0 Å². The minimum absolute atomic E-state index is 0.0631. The van der Waals surface area contributed by atoms with Gasteiger partial charge in [-0.15, -0.1) is 0 Å². The van der Waals surface area contributed by atoms with Crippen LogP contribution in [0, 0.1) is 13.8 Å². The highest BCUT2D eigenvalue weighted by Crippen LogP contribution is 2.36. The van der Waals surface area contributed by atoms with Gasteiger partial charge in [0, 0.05) is 0 Å². The van der Waals surface area contributed by atoms with Gasteiger partial charge in [0.1, 0.15) is 12.2 Å². The molecule has 1 atom stereocenters. The second kappa shape index (κ2) is 8.71. The van der Waals surface area contributed by atoms with E-state index >= 15 is 0 Å². The van der Waals surface area contributed by atoms with Crippen LogP contribution in [0.3, 0.4) is 0 Å². The third kappa shape index (κ3) is 3.81. The first kappa shape index (κ1) is 21.8. The third-order valence-electron chi connectivity index (χ3n) is 6.15. The average molecular weight is 456 g/mol. The van der Waals surface area contributed by atoms with Crippen LogP contribution < -0.4 is 20.2 Å². The van der Waals surface area contributed by atoms with Gasteiger partial charge in [-0.3, -0.25) is 9.59 Å². The Balaban J connectivity index is 1.54. The number of hydrogen-bond donors (Lipinski definition) is 1. The van der Waals surface area contributed by atoms with Crippen LogP contribution in [0.4, 0.5) is 0 Å². The van der Waals surface area contributed by atoms with Crippen LogP contribution in [0.25, 0.3) is 11.0 Å². The molecule has 3 aromatic carbocycles. The van der Waals surface area contributed by atoms with Gasteiger partial charge in [-0.1, -0.05) is 36.4 Å². The molecule has 0 aliphatic carbocycles. The lowest BCUT2D eigenvalue weighted by Gasteiger charge is -2.17. The molecule has 0 saturated heterocycles. The van der Waals surface area contributed by atoms with Gasteiger partial charge in [0.2, 0.25) is 5.76 Å². The Kier molecular flexibility index (Phi) is 5.57. The largest absolute Gasteiger partial charge is 0.490 e. The van der Waals surface area contributed by atoms with Crippen LogP contribution in [0.15, 0.2) is 69.9 Å². The van der Waals surface area contributed by atoms with Crippen molar-refractivity contribution in [1.29, 1.82) is 0 Å². The number of carbonyl (C=O) groups excluding carboxylic acids is 1. The Morgan fingerprint density at radius 2 is 1.68 bits per heavy atom. The summed E-state index contributed by atoms with van der Waals surface area (Å²) in [5.74, 6) is 0.804. The van der Waals surface area contributed by atoms with Gasteiger partial charge < -0.3 is 19.2 Å². The molecule has 4 aromatic rings. The van der Waals surface area contributed by atoms with E-state index in [0.29, 0.717) is 41.2 Å². The molecule has 0 saturated carbocycles. The quantitative estimate of drug-likeness (QED) is 0.431. The van der Waals surface area contributed by atoms with E-state index in [-0.39, 0.29) is 11.2 Å². The van der Waals surface area contributed by atoms with Gasteiger partial charge in [0.05, 0.1) is 23.6 Å². The summed E-state index contributed by atoms with van der Waals surface area (Å²) in [5.41, 5.74) is 4.29. The summed E-state index contributed by atoms with van der Waals surface area (Å²) in [4.78, 5) is 26.2. The molecule has 0 spiro atoms. The molecule has 5 rings (SSSR count). The first-order valence-electron chi connectivity index (χ1n) is 11.3. The fourth-order valence-electron chi connectivity index (χ4n) is 4.24. The summed E-state index contributed by atoms with van der Waals surface area (Å²) in [6, 6.07) is 18.3. The number of nitrogens with one attached hydrogen (secondary N) is 1. The second-order valence-corrected chi connectivity index (χ2v) is 8.43. The zero-order valence-corrected chi connectivity index (χ0v) is 19.3. The molecule has 1 N–H and O–H groups in total. The second-order valence-electron chi connectivity index (χ2n) is 8.43. The maximum Gasteiger partial charge on any atom is 0.288 e. The van der Waals surface area contributed by atoms with Gasteiger partial charge in [-0.25, -0.2) is 0 Å². The van der Waals surface area contributed by atoms with Crippen LogP contribution in [0.1, 0.15) is 51.3 Å². The van der Waals surface area contributed by atoms with E-state index in [2.05, 4.69) is 5.32 Å². The highest BCUT2D eigenvalue weighted by Gasteiger charge is 2.36. The van der Waals surface area contributed by atoms with E-state index in [1.165, 1.54) is 0 Å². The number of rotatable bonds is 6. The lowest BCUT2D eigenvalue weighted by atomic mass is 9.98. The smallest absolute Gasteiger partial charge is 0.288 e. The standard InChI is InChI=1S/C28H25NO5/c1-4-32-23-14-19(10-11-21(23)33-15-18-8-6-5-7-9-18)25-24-26(30)20-12-16(2)17(3)13-22(20)34-27(24)28(31)29-25/h5-14,25H,4,15H2,1-3H3,(H,29,31). The zero-order chi connectivity index (χ0) is 23.8. The van der Waals surface area contributed by atoms with E-state index < -0.39 is 11.9 Å². The summed E-state index contributed by atoms with van der Waals surface area (Å²) in [5, 5.41) is 3.37. The number of fused-ring (bicyclic) bond motifs is 2. The highest BCUT2D eigenvalue weighted by atomic mass is 16.5. The van der Waals surface area contributed by atoms with E-state index in [9.17, 15) is 9.59 Å². The maximum atomic E-state index is 13.4. The van der Waals surface area contributed by atoms with Gasteiger partial charge in [0.25, 0.3) is 5.91 Å². The molecule has 0 bridgehead atoms. The van der Waals surface area contributed by atoms with E-state index in [1.54, 1.807) is 6.07 Å². The molecule has 2 heterocycles. The lowest BCUT2D eigenvalue weighted by Crippen LogP contribution is -2.22. The monoisotopic (exact) mass is 455 g/mol. The van der Waals surface area contributed by atoms with Crippen LogP contribution in [0.5, 0.6) is 11.5 Å². The van der Waals surface area contributed by atoms with Crippen LogP contribution in [-0.2, 0) is 6.61 Å². The van der Waals surface area contributed by atoms with Crippen molar-refractivity contribution in [2.24, 2.45) is 0 Å². The predicted octanol–water partition coefficient (Wildman–Crippen LogP) is 5.22. The maximum absolute atomic E-state index is 13.4. The number of benzene rings is 3. The molecule has 1 amide bonds. The summed E-state index contributed by atoms with van der Waals surface area (Å²) in [6.07, 6.45) is 0. The molecule has 1 aliphatic rings. The van der Waals surface area contributed by atoms with Crippen LogP contribution >= 0.6 is 0 Å². The SMILES string of the molecule is CCOc1cc(C2NC(=O)c3oc4cc(C)c(C)cc4c(=O)c32)ccc1OCc1ccccc1. The number of carbonyl (C=O) groups is 1. The van der Waals surface area contributed by atoms with Crippen LogP contribution in [-0.4, -0.2) is 12.5 Å². The lowest BCUT2D eigenvalue weighted by molar-refractivity contribution is 0.0938. The Labute approximate surface area is 197 Å². The molecule has 6 heteroatoms. The Morgan fingerprint density at radius 1 is 0.912 bits per heavy atom.